The molecule has 0 saturated carbocycles. The van der Waals surface area contributed by atoms with Crippen molar-refractivity contribution < 1.29 is 28.6 Å². The number of rotatable bonds is 5. The van der Waals surface area contributed by atoms with Gasteiger partial charge in [-0.2, -0.15) is 0 Å². The minimum absolute atomic E-state index is 0.120. The normalized spacial score (nSPS) is 21.9. The molecule has 1 aliphatic heterocycles. The van der Waals surface area contributed by atoms with E-state index in [4.69, 9.17) is 9.47 Å². The van der Waals surface area contributed by atoms with Crippen molar-refractivity contribution in [3.05, 3.63) is 53.6 Å². The summed E-state index contributed by atoms with van der Waals surface area (Å²) >= 11 is 0. The molecule has 166 valence electrons. The second kappa shape index (κ2) is 10.2. The van der Waals surface area contributed by atoms with Gasteiger partial charge in [0.25, 0.3) is 5.91 Å². The summed E-state index contributed by atoms with van der Waals surface area (Å²) in [5, 5.41) is 12.8. The van der Waals surface area contributed by atoms with Gasteiger partial charge in [-0.25, -0.2) is 14.2 Å². The fourth-order valence-electron chi connectivity index (χ4n) is 3.91. The first kappa shape index (κ1) is 22.5. The molecule has 1 saturated heterocycles. The third kappa shape index (κ3) is 5.93. The largest absolute Gasteiger partial charge is 0.503 e. The fourth-order valence-corrected chi connectivity index (χ4v) is 3.91. The average molecular weight is 430 g/mol. The number of benzene rings is 1. The Morgan fingerprint density at radius 1 is 1.29 bits per heavy atom. The van der Waals surface area contributed by atoms with Gasteiger partial charge >= 0.3 is 5.97 Å². The van der Waals surface area contributed by atoms with E-state index in [1.54, 1.807) is 12.1 Å². The fraction of sp³-hybridized carbons (Fsp3) is 0.435. The summed E-state index contributed by atoms with van der Waals surface area (Å²) in [6, 6.07) is 7.03. The second-order valence-electron chi connectivity index (χ2n) is 7.85. The van der Waals surface area contributed by atoms with Gasteiger partial charge in [0.15, 0.2) is 17.2 Å². The number of esters is 1. The maximum absolute atomic E-state index is 13.2. The average Bonchev–Trinajstić information content (AvgIpc) is 2.79. The third-order valence-corrected chi connectivity index (χ3v) is 5.44. The van der Waals surface area contributed by atoms with Crippen molar-refractivity contribution in [1.82, 2.24) is 10.3 Å². The van der Waals surface area contributed by atoms with Gasteiger partial charge < -0.3 is 19.9 Å². The number of carbonyl (C=O) groups is 2. The minimum atomic E-state index is -0.841. The lowest BCUT2D eigenvalue weighted by Crippen LogP contribution is -2.42. The first-order valence-electron chi connectivity index (χ1n) is 10.3. The van der Waals surface area contributed by atoms with E-state index in [1.807, 2.05) is 6.92 Å². The van der Waals surface area contributed by atoms with E-state index in [0.29, 0.717) is 19.3 Å². The highest BCUT2D eigenvalue weighted by Gasteiger charge is 2.29. The van der Waals surface area contributed by atoms with Gasteiger partial charge in [0.1, 0.15) is 11.9 Å². The van der Waals surface area contributed by atoms with Crippen LogP contribution in [-0.2, 0) is 16.0 Å². The number of hydrogen-bond acceptors (Lipinski definition) is 6. The van der Waals surface area contributed by atoms with Crippen molar-refractivity contribution in [3.8, 4) is 11.5 Å². The predicted octanol–water partition coefficient (Wildman–Crippen LogP) is 3.40. The number of pyridine rings is 1. The van der Waals surface area contributed by atoms with Crippen LogP contribution in [0.5, 0.6) is 11.5 Å². The van der Waals surface area contributed by atoms with E-state index in [9.17, 15) is 19.1 Å². The third-order valence-electron chi connectivity index (χ3n) is 5.44. The molecule has 0 radical (unpaired) electrons. The Morgan fingerprint density at radius 3 is 2.74 bits per heavy atom. The number of halogens is 1. The van der Waals surface area contributed by atoms with Crippen molar-refractivity contribution in [2.75, 3.05) is 7.11 Å². The van der Waals surface area contributed by atoms with Crippen LogP contribution in [0.15, 0.2) is 36.5 Å². The molecular weight excluding hydrogens is 403 g/mol. The maximum atomic E-state index is 13.2. The zero-order chi connectivity index (χ0) is 22.4. The molecule has 1 aliphatic rings. The predicted molar refractivity (Wildman–Crippen MR) is 111 cm³/mol. The smallest absolute Gasteiger partial charge is 0.328 e. The van der Waals surface area contributed by atoms with Gasteiger partial charge in [0.05, 0.1) is 13.2 Å². The Kier molecular flexibility index (Phi) is 7.44. The molecule has 3 rings (SSSR count). The molecule has 1 aromatic heterocycles. The van der Waals surface area contributed by atoms with Crippen LogP contribution in [0, 0.1) is 11.7 Å². The Balaban J connectivity index is 1.66. The van der Waals surface area contributed by atoms with Crippen LogP contribution in [-0.4, -0.2) is 41.2 Å². The topological polar surface area (TPSA) is 97.8 Å². The number of cyclic esters (lactones) is 1. The van der Waals surface area contributed by atoms with Gasteiger partial charge in [-0.1, -0.05) is 18.6 Å². The number of amides is 1. The van der Waals surface area contributed by atoms with Crippen LogP contribution >= 0.6 is 0 Å². The summed E-state index contributed by atoms with van der Waals surface area (Å²) in [6.07, 6.45) is 4.42. The summed E-state index contributed by atoms with van der Waals surface area (Å²) in [4.78, 5) is 29.1. The molecule has 1 amide bonds. The highest BCUT2D eigenvalue weighted by molar-refractivity contribution is 5.97. The van der Waals surface area contributed by atoms with Gasteiger partial charge in [-0.15, -0.1) is 0 Å². The van der Waals surface area contributed by atoms with Crippen molar-refractivity contribution in [1.29, 1.82) is 0 Å². The highest BCUT2D eigenvalue weighted by Crippen LogP contribution is 2.28. The van der Waals surface area contributed by atoms with Gasteiger partial charge in [0, 0.05) is 12.3 Å². The van der Waals surface area contributed by atoms with E-state index < -0.39 is 17.9 Å². The molecule has 2 heterocycles. The monoisotopic (exact) mass is 430 g/mol. The van der Waals surface area contributed by atoms with Crippen LogP contribution < -0.4 is 10.1 Å². The number of aromatic hydroxyl groups is 1. The summed E-state index contributed by atoms with van der Waals surface area (Å²) in [7, 11) is 1.37. The SMILES string of the molecule is COc1ccnc(C(=O)N[C@H]2CCCC(Cc3ccc(F)cc3)CC(C)OC2=O)c1O. The van der Waals surface area contributed by atoms with Crippen molar-refractivity contribution >= 4 is 11.9 Å². The number of carbonyl (C=O) groups excluding carboxylic acids is 2. The van der Waals surface area contributed by atoms with Crippen LogP contribution in [0.4, 0.5) is 4.39 Å². The zero-order valence-corrected chi connectivity index (χ0v) is 17.6. The molecule has 7 nitrogen and oxygen atoms in total. The summed E-state index contributed by atoms with van der Waals surface area (Å²) < 4.78 is 23.7. The molecule has 2 N–H and O–H groups in total. The standard InChI is InChI=1S/C23H27FN2O5/c1-14-12-16(13-15-6-8-17(24)9-7-15)4-3-5-18(23(29)31-14)26-22(28)20-21(27)19(30-2)10-11-25-20/h6-11,14,16,18,27H,3-5,12-13H2,1-2H3,(H,26,28)/t14?,16?,18-/m0/s1. The van der Waals surface area contributed by atoms with E-state index in [-0.39, 0.29) is 35.0 Å². The number of aromatic nitrogens is 1. The van der Waals surface area contributed by atoms with E-state index >= 15 is 0 Å². The highest BCUT2D eigenvalue weighted by atomic mass is 19.1. The number of nitrogens with one attached hydrogen (secondary N) is 1. The molecule has 0 aliphatic carbocycles. The zero-order valence-electron chi connectivity index (χ0n) is 17.6. The van der Waals surface area contributed by atoms with Crippen LogP contribution in [0.25, 0.3) is 0 Å². The van der Waals surface area contributed by atoms with Crippen molar-refractivity contribution in [2.45, 2.75) is 51.2 Å². The summed E-state index contributed by atoms with van der Waals surface area (Å²) in [6.45, 7) is 1.83. The van der Waals surface area contributed by atoms with Gasteiger partial charge in [-0.05, 0) is 56.2 Å². The number of nitrogens with zero attached hydrogens (tertiary/aromatic N) is 1. The van der Waals surface area contributed by atoms with Gasteiger partial charge in [-0.3, -0.25) is 4.79 Å². The Hall–Kier alpha value is -3.16. The number of ether oxygens (including phenoxy) is 2. The van der Waals surface area contributed by atoms with Gasteiger partial charge in [0.2, 0.25) is 0 Å². The Labute approximate surface area is 180 Å². The Bertz CT molecular complexity index is 919. The lowest BCUT2D eigenvalue weighted by Gasteiger charge is -2.20. The van der Waals surface area contributed by atoms with Crippen LogP contribution in [0.1, 0.15) is 48.7 Å². The second-order valence-corrected chi connectivity index (χ2v) is 7.85. The summed E-state index contributed by atoms with van der Waals surface area (Å²) in [5.74, 6) is -1.44. The first-order valence-corrected chi connectivity index (χ1v) is 10.3. The van der Waals surface area contributed by atoms with Crippen molar-refractivity contribution in [3.63, 3.8) is 0 Å². The van der Waals surface area contributed by atoms with E-state index in [1.165, 1.54) is 31.5 Å². The molecule has 1 fully saturated rings. The first-order chi connectivity index (χ1) is 14.9. The molecule has 2 unspecified atom stereocenters. The Morgan fingerprint density at radius 2 is 2.03 bits per heavy atom. The molecule has 1 aromatic carbocycles. The van der Waals surface area contributed by atoms with Crippen molar-refractivity contribution in [2.24, 2.45) is 5.92 Å². The number of methoxy groups -OCH3 is 1. The summed E-state index contributed by atoms with van der Waals surface area (Å²) in [5.41, 5.74) is 0.822. The molecule has 31 heavy (non-hydrogen) atoms. The quantitative estimate of drug-likeness (QED) is 0.706. The minimum Gasteiger partial charge on any atom is -0.503 e. The molecule has 2 aromatic rings. The molecule has 3 atom stereocenters. The lowest BCUT2D eigenvalue weighted by molar-refractivity contribution is -0.151. The maximum Gasteiger partial charge on any atom is 0.328 e. The molecule has 8 heteroatoms. The molecule has 0 bridgehead atoms. The lowest BCUT2D eigenvalue weighted by atomic mass is 9.89. The van der Waals surface area contributed by atoms with Crippen LogP contribution in [0.2, 0.25) is 0 Å². The van der Waals surface area contributed by atoms with Crippen LogP contribution in [0.3, 0.4) is 0 Å². The molecule has 0 spiro atoms. The van der Waals surface area contributed by atoms with E-state index in [2.05, 4.69) is 10.3 Å². The number of hydrogen-bond donors (Lipinski definition) is 2. The van der Waals surface area contributed by atoms with E-state index in [0.717, 1.165) is 18.4 Å². The molecular formula is C23H27FN2O5.